The molecule has 0 aliphatic rings. The number of nitrogens with zero attached hydrogens (tertiary/aromatic N) is 2. The molecule has 1 aromatic heterocycles. The minimum Gasteiger partial charge on any atom is -0.461 e. The van der Waals surface area contributed by atoms with Gasteiger partial charge >= 0.3 is 5.97 Å². The molecule has 0 unspecified atom stereocenters. The highest BCUT2D eigenvalue weighted by Crippen LogP contribution is 2.17. The first-order chi connectivity index (χ1) is 9.13. The first-order valence-corrected chi connectivity index (χ1v) is 6.17. The normalized spacial score (nSPS) is 10.4. The second-order valence-corrected chi connectivity index (χ2v) is 4.19. The van der Waals surface area contributed by atoms with Crippen molar-refractivity contribution in [3.8, 4) is 0 Å². The molecule has 0 atom stereocenters. The van der Waals surface area contributed by atoms with Crippen molar-refractivity contribution in [1.29, 1.82) is 0 Å². The van der Waals surface area contributed by atoms with E-state index in [0.717, 1.165) is 5.56 Å². The zero-order valence-electron chi connectivity index (χ0n) is 11.1. The number of rotatable bonds is 4. The van der Waals surface area contributed by atoms with Crippen LogP contribution in [0.3, 0.4) is 0 Å². The smallest absolute Gasteiger partial charge is 0.358 e. The number of hydrogen-bond donors (Lipinski definition) is 1. The third-order valence-corrected chi connectivity index (χ3v) is 2.84. The highest BCUT2D eigenvalue weighted by molar-refractivity contribution is 5.92. The predicted octanol–water partition coefficient (Wildman–Crippen LogP) is 2.00. The average molecular weight is 259 g/mol. The molecule has 100 valence electrons. The van der Waals surface area contributed by atoms with E-state index in [1.165, 1.54) is 0 Å². The summed E-state index contributed by atoms with van der Waals surface area (Å²) >= 11 is 0. The number of carbonyl (C=O) groups is 1. The van der Waals surface area contributed by atoms with Crippen molar-refractivity contribution in [2.45, 2.75) is 20.4 Å². The molecule has 2 rings (SSSR count). The van der Waals surface area contributed by atoms with Crippen LogP contribution in [-0.2, 0) is 11.3 Å². The van der Waals surface area contributed by atoms with Crippen LogP contribution < -0.4 is 5.73 Å². The van der Waals surface area contributed by atoms with Gasteiger partial charge in [-0.3, -0.25) is 0 Å². The van der Waals surface area contributed by atoms with Crippen LogP contribution in [0.15, 0.2) is 30.3 Å². The van der Waals surface area contributed by atoms with Crippen molar-refractivity contribution in [3.05, 3.63) is 47.4 Å². The Kier molecular flexibility index (Phi) is 3.85. The van der Waals surface area contributed by atoms with Gasteiger partial charge in [-0.2, -0.15) is 0 Å². The van der Waals surface area contributed by atoms with Gasteiger partial charge in [-0.15, -0.1) is 0 Å². The zero-order chi connectivity index (χ0) is 13.8. The molecule has 0 amide bonds. The van der Waals surface area contributed by atoms with E-state index in [4.69, 9.17) is 10.5 Å². The van der Waals surface area contributed by atoms with Crippen LogP contribution in [0.2, 0.25) is 0 Å². The van der Waals surface area contributed by atoms with Gasteiger partial charge < -0.3 is 15.0 Å². The standard InChI is InChI=1S/C14H17N3O2/c1-3-19-14(18)12-13(15)16-10(2)17(12)9-11-7-5-4-6-8-11/h4-8H,3,9,15H2,1-2H3. The Labute approximate surface area is 112 Å². The molecule has 5 heteroatoms. The Morgan fingerprint density at radius 3 is 2.68 bits per heavy atom. The largest absolute Gasteiger partial charge is 0.461 e. The highest BCUT2D eigenvalue weighted by Gasteiger charge is 2.20. The number of esters is 1. The van der Waals surface area contributed by atoms with E-state index in [1.54, 1.807) is 11.5 Å². The quantitative estimate of drug-likeness (QED) is 0.852. The lowest BCUT2D eigenvalue weighted by Gasteiger charge is -2.10. The molecule has 0 aliphatic heterocycles. The van der Waals surface area contributed by atoms with E-state index in [0.29, 0.717) is 24.7 Å². The molecule has 0 saturated heterocycles. The Morgan fingerprint density at radius 2 is 2.05 bits per heavy atom. The molecule has 5 nitrogen and oxygen atoms in total. The van der Waals surface area contributed by atoms with Gasteiger partial charge in [-0.1, -0.05) is 30.3 Å². The van der Waals surface area contributed by atoms with Gasteiger partial charge in [0.05, 0.1) is 6.61 Å². The third kappa shape index (κ3) is 2.76. The average Bonchev–Trinajstić information content (AvgIpc) is 2.66. The number of imidazole rings is 1. The molecule has 0 bridgehead atoms. The molecule has 1 aromatic carbocycles. The topological polar surface area (TPSA) is 70.1 Å². The number of benzene rings is 1. The van der Waals surface area contributed by atoms with E-state index in [9.17, 15) is 4.79 Å². The summed E-state index contributed by atoms with van der Waals surface area (Å²) < 4.78 is 6.80. The van der Waals surface area contributed by atoms with Gasteiger partial charge in [0.25, 0.3) is 0 Å². The van der Waals surface area contributed by atoms with Gasteiger partial charge in [0.2, 0.25) is 0 Å². The number of carbonyl (C=O) groups excluding carboxylic acids is 1. The summed E-state index contributed by atoms with van der Waals surface area (Å²) in [6.45, 7) is 4.44. The summed E-state index contributed by atoms with van der Waals surface area (Å²) in [7, 11) is 0. The van der Waals surface area contributed by atoms with E-state index >= 15 is 0 Å². The fourth-order valence-electron chi connectivity index (χ4n) is 1.96. The second-order valence-electron chi connectivity index (χ2n) is 4.19. The summed E-state index contributed by atoms with van der Waals surface area (Å²) in [5, 5.41) is 0. The number of ether oxygens (including phenoxy) is 1. The van der Waals surface area contributed by atoms with E-state index in [2.05, 4.69) is 4.98 Å². The van der Waals surface area contributed by atoms with Gasteiger partial charge in [0.15, 0.2) is 11.5 Å². The van der Waals surface area contributed by atoms with Crippen molar-refractivity contribution >= 4 is 11.8 Å². The highest BCUT2D eigenvalue weighted by atomic mass is 16.5. The van der Waals surface area contributed by atoms with Crippen LogP contribution in [0, 0.1) is 6.92 Å². The first-order valence-electron chi connectivity index (χ1n) is 6.17. The van der Waals surface area contributed by atoms with Crippen LogP contribution in [0.25, 0.3) is 0 Å². The van der Waals surface area contributed by atoms with Crippen LogP contribution in [0.5, 0.6) is 0 Å². The SMILES string of the molecule is CCOC(=O)c1c(N)nc(C)n1Cc1ccccc1. The molecule has 0 fully saturated rings. The minimum atomic E-state index is -0.434. The Balaban J connectivity index is 2.37. The van der Waals surface area contributed by atoms with E-state index in [1.807, 2.05) is 37.3 Å². The number of hydrogen-bond acceptors (Lipinski definition) is 4. The maximum absolute atomic E-state index is 11.9. The molecule has 1 heterocycles. The number of nitrogens with two attached hydrogens (primary N) is 1. The molecular weight excluding hydrogens is 242 g/mol. The Hall–Kier alpha value is -2.30. The Bertz CT molecular complexity index is 576. The zero-order valence-corrected chi connectivity index (χ0v) is 11.1. The number of anilines is 1. The molecule has 0 spiro atoms. The molecule has 0 saturated carbocycles. The second kappa shape index (κ2) is 5.56. The Morgan fingerprint density at radius 1 is 1.37 bits per heavy atom. The van der Waals surface area contributed by atoms with Crippen molar-refractivity contribution in [2.75, 3.05) is 12.3 Å². The number of nitrogen functional groups attached to an aromatic ring is 1. The van der Waals surface area contributed by atoms with Crippen LogP contribution >= 0.6 is 0 Å². The third-order valence-electron chi connectivity index (χ3n) is 2.84. The van der Waals surface area contributed by atoms with Gasteiger partial charge in [-0.05, 0) is 19.4 Å². The van der Waals surface area contributed by atoms with Crippen molar-refractivity contribution in [1.82, 2.24) is 9.55 Å². The van der Waals surface area contributed by atoms with Crippen LogP contribution in [0.1, 0.15) is 28.8 Å². The monoisotopic (exact) mass is 259 g/mol. The molecular formula is C14H17N3O2. The summed E-state index contributed by atoms with van der Waals surface area (Å²) in [4.78, 5) is 16.1. The lowest BCUT2D eigenvalue weighted by molar-refractivity contribution is 0.0515. The summed E-state index contributed by atoms with van der Waals surface area (Å²) in [6.07, 6.45) is 0. The van der Waals surface area contributed by atoms with Gasteiger partial charge in [0, 0.05) is 6.54 Å². The van der Waals surface area contributed by atoms with Crippen LogP contribution in [-0.4, -0.2) is 22.1 Å². The van der Waals surface area contributed by atoms with E-state index < -0.39 is 5.97 Å². The molecule has 0 aliphatic carbocycles. The van der Waals surface area contributed by atoms with Crippen LogP contribution in [0.4, 0.5) is 5.82 Å². The predicted molar refractivity (Wildman–Crippen MR) is 72.9 cm³/mol. The summed E-state index contributed by atoms with van der Waals surface area (Å²) in [5.41, 5.74) is 7.19. The molecule has 19 heavy (non-hydrogen) atoms. The number of aryl methyl sites for hydroxylation is 1. The lowest BCUT2D eigenvalue weighted by atomic mass is 10.2. The molecule has 2 N–H and O–H groups in total. The number of aromatic nitrogens is 2. The fourth-order valence-corrected chi connectivity index (χ4v) is 1.96. The van der Waals surface area contributed by atoms with E-state index in [-0.39, 0.29) is 5.82 Å². The fraction of sp³-hybridized carbons (Fsp3) is 0.286. The summed E-state index contributed by atoms with van der Waals surface area (Å²) in [5.74, 6) is 0.479. The molecule has 0 radical (unpaired) electrons. The summed E-state index contributed by atoms with van der Waals surface area (Å²) in [6, 6.07) is 9.84. The maximum Gasteiger partial charge on any atom is 0.358 e. The van der Waals surface area contributed by atoms with Gasteiger partial charge in [-0.25, -0.2) is 9.78 Å². The van der Waals surface area contributed by atoms with Crippen molar-refractivity contribution in [2.24, 2.45) is 0 Å². The first kappa shape index (κ1) is 13.1. The maximum atomic E-state index is 11.9. The minimum absolute atomic E-state index is 0.215. The lowest BCUT2D eigenvalue weighted by Crippen LogP contribution is -2.15. The van der Waals surface area contributed by atoms with Crippen molar-refractivity contribution in [3.63, 3.8) is 0 Å². The molecule has 2 aromatic rings. The van der Waals surface area contributed by atoms with Gasteiger partial charge in [0.1, 0.15) is 5.82 Å². The van der Waals surface area contributed by atoms with Crippen molar-refractivity contribution < 1.29 is 9.53 Å².